The average Bonchev–Trinajstić information content (AvgIpc) is 2.88. The molecule has 0 radical (unpaired) electrons. The number of hydrogen-bond acceptors (Lipinski definition) is 3. The van der Waals surface area contributed by atoms with Crippen LogP contribution < -0.4 is 5.32 Å². The van der Waals surface area contributed by atoms with Gasteiger partial charge in [-0.2, -0.15) is 0 Å². The van der Waals surface area contributed by atoms with Gasteiger partial charge in [-0.1, -0.05) is 66.7 Å². The third-order valence-corrected chi connectivity index (χ3v) is 5.14. The summed E-state index contributed by atoms with van der Waals surface area (Å²) in [6.07, 6.45) is 0. The molecule has 4 aromatic rings. The molecule has 0 aliphatic carbocycles. The normalized spacial score (nSPS) is 11.4. The monoisotopic (exact) mass is 364 g/mol. The van der Waals surface area contributed by atoms with Crippen molar-refractivity contribution in [3.05, 3.63) is 101 Å². The van der Waals surface area contributed by atoms with Crippen LogP contribution in [0.1, 0.15) is 0 Å². The summed E-state index contributed by atoms with van der Waals surface area (Å²) >= 11 is 0. The first-order valence-electron chi connectivity index (χ1n) is 9.06. The molecule has 0 unspecified atom stereocenters. The predicted molar refractivity (Wildman–Crippen MR) is 113 cm³/mol. The Morgan fingerprint density at radius 3 is 1.89 bits per heavy atom. The van der Waals surface area contributed by atoms with Gasteiger partial charge < -0.3 is 5.32 Å². The summed E-state index contributed by atoms with van der Waals surface area (Å²) in [5.41, 5.74) is 8.03. The highest BCUT2D eigenvalue weighted by Gasteiger charge is 2.20. The molecule has 134 valence electrons. The van der Waals surface area contributed by atoms with Crippen molar-refractivity contribution in [2.24, 2.45) is 0 Å². The summed E-state index contributed by atoms with van der Waals surface area (Å²) in [5, 5.41) is 15.0. The van der Waals surface area contributed by atoms with E-state index in [2.05, 4.69) is 29.6 Å². The minimum absolute atomic E-state index is 0.108. The maximum Gasteiger partial charge on any atom is 0.277 e. The molecule has 0 saturated carbocycles. The number of fused-ring (bicyclic) bond motifs is 5. The molecule has 0 spiro atoms. The minimum atomic E-state index is -0.334. The zero-order valence-electron chi connectivity index (χ0n) is 14.9. The lowest BCUT2D eigenvalue weighted by Crippen LogP contribution is -1.94. The molecule has 0 fully saturated rings. The van der Waals surface area contributed by atoms with Crippen molar-refractivity contribution < 1.29 is 4.92 Å². The topological polar surface area (TPSA) is 55.2 Å². The Bertz CT molecular complexity index is 1230. The van der Waals surface area contributed by atoms with E-state index in [0.717, 1.165) is 33.6 Å². The summed E-state index contributed by atoms with van der Waals surface area (Å²) in [7, 11) is 0. The molecule has 5 rings (SSSR count). The van der Waals surface area contributed by atoms with Gasteiger partial charge in [0.1, 0.15) is 0 Å². The Hall–Kier alpha value is -3.92. The van der Waals surface area contributed by atoms with Gasteiger partial charge in [-0.05, 0) is 34.9 Å². The van der Waals surface area contributed by atoms with Crippen molar-refractivity contribution in [1.82, 2.24) is 0 Å². The summed E-state index contributed by atoms with van der Waals surface area (Å²) in [6, 6.07) is 29.4. The van der Waals surface area contributed by atoms with Crippen molar-refractivity contribution in [2.75, 3.05) is 5.32 Å². The van der Waals surface area contributed by atoms with Gasteiger partial charge in [0.2, 0.25) is 0 Å². The summed E-state index contributed by atoms with van der Waals surface area (Å²) in [4.78, 5) is 11.1. The van der Waals surface area contributed by atoms with Crippen molar-refractivity contribution in [2.45, 2.75) is 0 Å². The molecule has 1 aliphatic heterocycles. The number of para-hydroxylation sites is 2. The molecule has 1 aliphatic rings. The molecule has 0 bridgehead atoms. The van der Waals surface area contributed by atoms with Crippen molar-refractivity contribution in [1.29, 1.82) is 0 Å². The summed E-state index contributed by atoms with van der Waals surface area (Å²) in [6.45, 7) is 0. The number of rotatable bonds is 2. The first-order valence-corrected chi connectivity index (χ1v) is 9.06. The van der Waals surface area contributed by atoms with Gasteiger partial charge in [0.15, 0.2) is 0 Å². The summed E-state index contributed by atoms with van der Waals surface area (Å²) in [5.74, 6) is 0. The van der Waals surface area contributed by atoms with Gasteiger partial charge in [-0.25, -0.2) is 0 Å². The van der Waals surface area contributed by atoms with E-state index >= 15 is 0 Å². The third-order valence-electron chi connectivity index (χ3n) is 5.14. The SMILES string of the molecule is O=[N+]([O-])c1ccccc1-c1ccc2c(c1)Nc1ccccc1-c1ccccc1-2. The quantitative estimate of drug-likeness (QED) is 0.282. The zero-order valence-corrected chi connectivity index (χ0v) is 14.9. The molecule has 1 heterocycles. The first kappa shape index (κ1) is 16.3. The highest BCUT2D eigenvalue weighted by Crippen LogP contribution is 2.45. The van der Waals surface area contributed by atoms with E-state index in [0.29, 0.717) is 5.56 Å². The average molecular weight is 364 g/mol. The number of nitro groups is 1. The maximum absolute atomic E-state index is 11.5. The molecular formula is C24H16N2O2. The highest BCUT2D eigenvalue weighted by atomic mass is 16.6. The molecule has 4 aromatic carbocycles. The maximum atomic E-state index is 11.5. The van der Waals surface area contributed by atoms with Gasteiger partial charge in [-0.3, -0.25) is 10.1 Å². The largest absolute Gasteiger partial charge is 0.354 e. The Morgan fingerprint density at radius 2 is 1.18 bits per heavy atom. The molecule has 0 amide bonds. The van der Waals surface area contributed by atoms with E-state index in [9.17, 15) is 10.1 Å². The Labute approximate surface area is 162 Å². The fraction of sp³-hybridized carbons (Fsp3) is 0. The number of nitro benzene ring substituents is 1. The van der Waals surface area contributed by atoms with Crippen LogP contribution in [-0.4, -0.2) is 4.92 Å². The van der Waals surface area contributed by atoms with Crippen LogP contribution in [0.5, 0.6) is 0 Å². The van der Waals surface area contributed by atoms with Gasteiger partial charge in [0, 0.05) is 28.6 Å². The lowest BCUT2D eigenvalue weighted by molar-refractivity contribution is -0.384. The molecule has 0 saturated heterocycles. The van der Waals surface area contributed by atoms with Crippen LogP contribution in [0.15, 0.2) is 91.0 Å². The van der Waals surface area contributed by atoms with Crippen LogP contribution >= 0.6 is 0 Å². The van der Waals surface area contributed by atoms with Crippen LogP contribution in [0.4, 0.5) is 17.1 Å². The van der Waals surface area contributed by atoms with Gasteiger partial charge in [0.05, 0.1) is 10.5 Å². The van der Waals surface area contributed by atoms with Crippen molar-refractivity contribution >= 4 is 17.1 Å². The fourth-order valence-corrected chi connectivity index (χ4v) is 3.85. The highest BCUT2D eigenvalue weighted by molar-refractivity contribution is 5.99. The lowest BCUT2D eigenvalue weighted by Gasteiger charge is -2.12. The van der Waals surface area contributed by atoms with Crippen LogP contribution in [0.2, 0.25) is 0 Å². The molecule has 4 nitrogen and oxygen atoms in total. The molecule has 28 heavy (non-hydrogen) atoms. The molecular weight excluding hydrogens is 348 g/mol. The zero-order chi connectivity index (χ0) is 19.1. The van der Waals surface area contributed by atoms with Gasteiger partial charge in [-0.15, -0.1) is 0 Å². The number of nitrogens with one attached hydrogen (secondary N) is 1. The molecule has 4 heteroatoms. The molecule has 0 aromatic heterocycles. The minimum Gasteiger partial charge on any atom is -0.354 e. The Kier molecular flexibility index (Phi) is 3.69. The van der Waals surface area contributed by atoms with Gasteiger partial charge >= 0.3 is 0 Å². The molecule has 1 N–H and O–H groups in total. The summed E-state index contributed by atoms with van der Waals surface area (Å²) < 4.78 is 0. The molecule has 0 atom stereocenters. The second-order valence-electron chi connectivity index (χ2n) is 6.75. The predicted octanol–water partition coefficient (Wildman–Crippen LogP) is 6.65. The first-order chi connectivity index (χ1) is 13.7. The van der Waals surface area contributed by atoms with E-state index in [4.69, 9.17) is 0 Å². The van der Waals surface area contributed by atoms with Crippen molar-refractivity contribution in [3.63, 3.8) is 0 Å². The van der Waals surface area contributed by atoms with E-state index in [-0.39, 0.29) is 10.6 Å². The number of benzene rings is 4. The lowest BCUT2D eigenvalue weighted by atomic mass is 9.93. The standard InChI is InChI=1S/C24H16N2O2/c27-26(28)24-12-6-4-7-17(24)16-13-14-21-19-9-2-1-8-18(19)20-10-3-5-11-22(20)25-23(21)15-16/h1-15,25H. The smallest absolute Gasteiger partial charge is 0.277 e. The van der Waals surface area contributed by atoms with E-state index in [1.165, 1.54) is 5.56 Å². The second-order valence-corrected chi connectivity index (χ2v) is 6.75. The Morgan fingerprint density at radius 1 is 0.607 bits per heavy atom. The number of nitrogens with zero attached hydrogens (tertiary/aromatic N) is 1. The van der Waals surface area contributed by atoms with Gasteiger partial charge in [0.25, 0.3) is 5.69 Å². The number of hydrogen-bond donors (Lipinski definition) is 1. The van der Waals surface area contributed by atoms with E-state index in [1.54, 1.807) is 18.2 Å². The Balaban J connectivity index is 1.75. The van der Waals surface area contributed by atoms with Crippen LogP contribution in [0, 0.1) is 10.1 Å². The number of anilines is 2. The van der Waals surface area contributed by atoms with Crippen LogP contribution in [0.25, 0.3) is 33.4 Å². The van der Waals surface area contributed by atoms with Crippen LogP contribution in [-0.2, 0) is 0 Å². The van der Waals surface area contributed by atoms with Crippen LogP contribution in [0.3, 0.4) is 0 Å². The fourth-order valence-electron chi connectivity index (χ4n) is 3.85. The third kappa shape index (κ3) is 2.55. The van der Waals surface area contributed by atoms with E-state index < -0.39 is 0 Å². The van der Waals surface area contributed by atoms with Crippen molar-refractivity contribution in [3.8, 4) is 33.4 Å². The second kappa shape index (κ2) is 6.35. The van der Waals surface area contributed by atoms with E-state index in [1.807, 2.05) is 48.5 Å².